The molecule has 0 amide bonds. The summed E-state index contributed by atoms with van der Waals surface area (Å²) in [5.41, 5.74) is 5.90. The third-order valence-corrected chi connectivity index (χ3v) is 1.72. The Morgan fingerprint density at radius 2 is 2.23 bits per heavy atom. The van der Waals surface area contributed by atoms with Gasteiger partial charge in [-0.1, -0.05) is 6.07 Å². The van der Waals surface area contributed by atoms with Crippen LogP contribution in [0.4, 0.5) is 5.69 Å². The van der Waals surface area contributed by atoms with Crippen molar-refractivity contribution in [3.8, 4) is 5.75 Å². The second-order valence-electron chi connectivity index (χ2n) is 2.79. The van der Waals surface area contributed by atoms with Crippen LogP contribution in [0.1, 0.15) is 18.5 Å². The van der Waals surface area contributed by atoms with Crippen LogP contribution < -0.4 is 5.73 Å². The highest BCUT2D eigenvalue weighted by Crippen LogP contribution is 2.27. The third-order valence-electron chi connectivity index (χ3n) is 1.72. The minimum Gasteiger partial charge on any atom is -0.502 e. The lowest BCUT2D eigenvalue weighted by molar-refractivity contribution is -0.385. The van der Waals surface area contributed by atoms with Gasteiger partial charge in [-0.15, -0.1) is 0 Å². The summed E-state index contributed by atoms with van der Waals surface area (Å²) < 4.78 is 0. The molecular formula is C8H10N2O3. The van der Waals surface area contributed by atoms with E-state index in [1.54, 1.807) is 6.92 Å². The van der Waals surface area contributed by atoms with E-state index in [1.807, 2.05) is 0 Å². The van der Waals surface area contributed by atoms with Gasteiger partial charge in [0.1, 0.15) is 0 Å². The maximum atomic E-state index is 10.3. The van der Waals surface area contributed by atoms with Gasteiger partial charge in [-0.25, -0.2) is 0 Å². The average molecular weight is 182 g/mol. The minimum absolute atomic E-state index is 0.244. The summed E-state index contributed by atoms with van der Waals surface area (Å²) in [4.78, 5) is 9.68. The summed E-state index contributed by atoms with van der Waals surface area (Å²) in [5, 5.41) is 19.5. The van der Waals surface area contributed by atoms with Gasteiger partial charge in [0.05, 0.1) is 4.92 Å². The molecule has 0 saturated carbocycles. The van der Waals surface area contributed by atoms with Gasteiger partial charge in [0.2, 0.25) is 0 Å². The molecule has 0 aromatic heterocycles. The van der Waals surface area contributed by atoms with Crippen LogP contribution in [0.25, 0.3) is 0 Å². The van der Waals surface area contributed by atoms with E-state index in [-0.39, 0.29) is 17.5 Å². The van der Waals surface area contributed by atoms with Crippen molar-refractivity contribution in [2.75, 3.05) is 0 Å². The molecule has 1 aromatic carbocycles. The molecule has 70 valence electrons. The summed E-state index contributed by atoms with van der Waals surface area (Å²) in [5.74, 6) is -0.347. The van der Waals surface area contributed by atoms with Crippen molar-refractivity contribution in [1.82, 2.24) is 0 Å². The molecule has 1 rings (SSSR count). The van der Waals surface area contributed by atoms with Crippen LogP contribution in [0.5, 0.6) is 5.75 Å². The van der Waals surface area contributed by atoms with Crippen molar-refractivity contribution < 1.29 is 10.0 Å². The molecule has 0 radical (unpaired) electrons. The second kappa shape index (κ2) is 3.40. The third kappa shape index (κ3) is 1.94. The van der Waals surface area contributed by atoms with E-state index >= 15 is 0 Å². The molecule has 1 atom stereocenters. The normalized spacial score (nSPS) is 12.5. The Bertz CT molecular complexity index is 336. The molecule has 5 nitrogen and oxygen atoms in total. The zero-order valence-electron chi connectivity index (χ0n) is 7.10. The molecule has 0 fully saturated rings. The van der Waals surface area contributed by atoms with E-state index in [2.05, 4.69) is 0 Å². The van der Waals surface area contributed by atoms with E-state index in [4.69, 9.17) is 5.73 Å². The molecule has 0 spiro atoms. The van der Waals surface area contributed by atoms with Crippen LogP contribution in [0.15, 0.2) is 18.2 Å². The lowest BCUT2D eigenvalue weighted by atomic mass is 10.1. The largest absolute Gasteiger partial charge is 0.502 e. The van der Waals surface area contributed by atoms with Crippen LogP contribution in [0.2, 0.25) is 0 Å². The first-order valence-corrected chi connectivity index (χ1v) is 3.75. The molecule has 3 N–H and O–H groups in total. The zero-order chi connectivity index (χ0) is 10.0. The molecule has 0 aliphatic heterocycles. The summed E-state index contributed by atoms with van der Waals surface area (Å²) in [6, 6.07) is 3.84. The highest BCUT2D eigenvalue weighted by atomic mass is 16.6. The number of nitrogens with two attached hydrogens (primary N) is 1. The van der Waals surface area contributed by atoms with Gasteiger partial charge in [0.15, 0.2) is 5.75 Å². The minimum atomic E-state index is -0.639. The smallest absolute Gasteiger partial charge is 0.310 e. The Balaban J connectivity index is 3.13. The number of hydrogen-bond donors (Lipinski definition) is 2. The molecule has 0 bridgehead atoms. The van der Waals surface area contributed by atoms with Crippen molar-refractivity contribution in [2.24, 2.45) is 5.73 Å². The van der Waals surface area contributed by atoms with E-state index < -0.39 is 4.92 Å². The van der Waals surface area contributed by atoms with Crippen molar-refractivity contribution in [3.63, 3.8) is 0 Å². The van der Waals surface area contributed by atoms with Crippen LogP contribution in [-0.4, -0.2) is 10.0 Å². The SMILES string of the molecule is CC(N)c1ccc([N+](=O)[O-])c(O)c1. The topological polar surface area (TPSA) is 89.4 Å². The number of nitro benzene ring substituents is 1. The Morgan fingerprint density at radius 3 is 2.62 bits per heavy atom. The van der Waals surface area contributed by atoms with Gasteiger partial charge >= 0.3 is 5.69 Å². The highest BCUT2D eigenvalue weighted by molar-refractivity contribution is 5.47. The predicted octanol–water partition coefficient (Wildman–Crippen LogP) is 1.32. The molecule has 1 aromatic rings. The maximum Gasteiger partial charge on any atom is 0.310 e. The summed E-state index contributed by atoms with van der Waals surface area (Å²) in [7, 11) is 0. The van der Waals surface area contributed by atoms with E-state index in [0.717, 1.165) is 0 Å². The van der Waals surface area contributed by atoms with Gasteiger partial charge in [-0.3, -0.25) is 10.1 Å². The predicted molar refractivity (Wildman–Crippen MR) is 47.4 cm³/mol. The highest BCUT2D eigenvalue weighted by Gasteiger charge is 2.13. The first kappa shape index (κ1) is 9.47. The number of nitrogens with zero attached hydrogens (tertiary/aromatic N) is 1. The monoisotopic (exact) mass is 182 g/mol. The fourth-order valence-electron chi connectivity index (χ4n) is 0.978. The molecule has 0 aliphatic rings. The first-order chi connectivity index (χ1) is 6.02. The molecule has 0 heterocycles. The van der Waals surface area contributed by atoms with E-state index in [0.29, 0.717) is 5.56 Å². The Kier molecular flexibility index (Phi) is 2.48. The van der Waals surface area contributed by atoms with Gasteiger partial charge in [-0.05, 0) is 18.6 Å². The Hall–Kier alpha value is -1.62. The Labute approximate surface area is 74.9 Å². The number of phenolic OH excluding ortho intramolecular Hbond substituents is 1. The van der Waals surface area contributed by atoms with E-state index in [1.165, 1.54) is 18.2 Å². The van der Waals surface area contributed by atoms with Crippen LogP contribution in [0.3, 0.4) is 0 Å². The maximum absolute atomic E-state index is 10.3. The number of phenols is 1. The number of aromatic hydroxyl groups is 1. The number of rotatable bonds is 2. The van der Waals surface area contributed by atoms with E-state index in [9.17, 15) is 15.2 Å². The number of hydrogen-bond acceptors (Lipinski definition) is 4. The summed E-state index contributed by atoms with van der Waals surface area (Å²) >= 11 is 0. The fraction of sp³-hybridized carbons (Fsp3) is 0.250. The zero-order valence-corrected chi connectivity index (χ0v) is 7.10. The first-order valence-electron chi connectivity index (χ1n) is 3.75. The Morgan fingerprint density at radius 1 is 1.62 bits per heavy atom. The molecule has 5 heteroatoms. The van der Waals surface area contributed by atoms with Crippen molar-refractivity contribution >= 4 is 5.69 Å². The molecule has 0 saturated heterocycles. The van der Waals surface area contributed by atoms with Crippen molar-refractivity contribution in [3.05, 3.63) is 33.9 Å². The number of nitro groups is 1. The van der Waals surface area contributed by atoms with Gasteiger partial charge in [0, 0.05) is 12.1 Å². The standard InChI is InChI=1S/C8H10N2O3/c1-5(9)6-2-3-7(10(12)13)8(11)4-6/h2-5,11H,9H2,1H3. The summed E-state index contributed by atoms with van der Waals surface area (Å²) in [6.45, 7) is 1.74. The van der Waals surface area contributed by atoms with Crippen molar-refractivity contribution in [2.45, 2.75) is 13.0 Å². The molecule has 13 heavy (non-hydrogen) atoms. The molecule has 0 aliphatic carbocycles. The van der Waals surface area contributed by atoms with Gasteiger partial charge in [0.25, 0.3) is 0 Å². The average Bonchev–Trinajstić information content (AvgIpc) is 2.03. The van der Waals surface area contributed by atoms with Crippen LogP contribution in [-0.2, 0) is 0 Å². The quantitative estimate of drug-likeness (QED) is 0.533. The van der Waals surface area contributed by atoms with Gasteiger partial charge < -0.3 is 10.8 Å². The molecular weight excluding hydrogens is 172 g/mol. The van der Waals surface area contributed by atoms with Crippen LogP contribution >= 0.6 is 0 Å². The second-order valence-corrected chi connectivity index (χ2v) is 2.79. The number of benzene rings is 1. The lowest BCUT2D eigenvalue weighted by Gasteiger charge is -2.05. The van der Waals surface area contributed by atoms with Gasteiger partial charge in [-0.2, -0.15) is 0 Å². The fourth-order valence-corrected chi connectivity index (χ4v) is 0.978. The lowest BCUT2D eigenvalue weighted by Crippen LogP contribution is -2.04. The summed E-state index contributed by atoms with van der Waals surface area (Å²) in [6.07, 6.45) is 0. The van der Waals surface area contributed by atoms with Crippen LogP contribution in [0, 0.1) is 10.1 Å². The van der Waals surface area contributed by atoms with Crippen molar-refractivity contribution in [1.29, 1.82) is 0 Å². The molecule has 1 unspecified atom stereocenters.